The Labute approximate surface area is 130 Å². The number of nitro groups is 1. The Kier molecular flexibility index (Phi) is 3.92. The molecule has 1 N–H and O–H groups in total. The summed E-state index contributed by atoms with van der Waals surface area (Å²) in [6.45, 7) is 0. The van der Waals surface area contributed by atoms with Crippen LogP contribution in [0.2, 0.25) is 0 Å². The van der Waals surface area contributed by atoms with Crippen LogP contribution in [0.5, 0.6) is 0 Å². The highest BCUT2D eigenvalue weighted by molar-refractivity contribution is 5.54. The maximum Gasteiger partial charge on any atom is 0.286 e. The molecule has 0 fully saturated rings. The van der Waals surface area contributed by atoms with Gasteiger partial charge in [0.25, 0.3) is 11.2 Å². The number of hydrogen-bond acceptors (Lipinski definition) is 5. The first-order valence-corrected chi connectivity index (χ1v) is 6.88. The third kappa shape index (κ3) is 3.13. The van der Waals surface area contributed by atoms with E-state index in [1.807, 2.05) is 30.3 Å². The molecule has 2 aromatic carbocycles. The minimum absolute atomic E-state index is 0.0354. The Balaban J connectivity index is 2.01. The van der Waals surface area contributed by atoms with Crippen LogP contribution in [0, 0.1) is 10.1 Å². The van der Waals surface area contributed by atoms with Crippen LogP contribution in [0.4, 0.5) is 5.69 Å². The Morgan fingerprint density at radius 1 is 1.04 bits per heavy atom. The molecule has 3 aromatic rings. The molecule has 7 heteroatoms. The highest BCUT2D eigenvalue weighted by Gasteiger charge is 2.16. The predicted octanol–water partition coefficient (Wildman–Crippen LogP) is 2.33. The van der Waals surface area contributed by atoms with Crippen molar-refractivity contribution in [3.05, 3.63) is 86.3 Å². The van der Waals surface area contributed by atoms with Crippen molar-refractivity contribution in [2.24, 2.45) is 0 Å². The first-order valence-electron chi connectivity index (χ1n) is 6.88. The Hall–Kier alpha value is -3.35. The molecule has 0 unspecified atom stereocenters. The van der Waals surface area contributed by atoms with Crippen molar-refractivity contribution >= 4 is 5.69 Å². The summed E-state index contributed by atoms with van der Waals surface area (Å²) in [5.41, 5.74) is 0.885. The summed E-state index contributed by atoms with van der Waals surface area (Å²) >= 11 is 0. The summed E-state index contributed by atoms with van der Waals surface area (Å²) in [6.07, 6.45) is 0.0643. The minimum Gasteiger partial charge on any atom is -0.266 e. The van der Waals surface area contributed by atoms with Gasteiger partial charge in [0.1, 0.15) is 5.69 Å². The summed E-state index contributed by atoms with van der Waals surface area (Å²) in [5.74, 6) is 0.374. The van der Waals surface area contributed by atoms with E-state index < -0.39 is 10.5 Å². The average molecular weight is 308 g/mol. The van der Waals surface area contributed by atoms with Gasteiger partial charge in [0.15, 0.2) is 5.82 Å². The van der Waals surface area contributed by atoms with E-state index in [4.69, 9.17) is 0 Å². The van der Waals surface area contributed by atoms with Crippen LogP contribution in [-0.4, -0.2) is 20.1 Å². The number of benzene rings is 2. The molecule has 0 saturated heterocycles. The molecule has 0 bridgehead atoms. The van der Waals surface area contributed by atoms with E-state index in [-0.39, 0.29) is 17.8 Å². The Bertz CT molecular complexity index is 906. The van der Waals surface area contributed by atoms with Gasteiger partial charge in [-0.15, -0.1) is 0 Å². The zero-order chi connectivity index (χ0) is 16.2. The molecular formula is C16H12N4O3. The first kappa shape index (κ1) is 14.6. The van der Waals surface area contributed by atoms with Crippen LogP contribution in [0.15, 0.2) is 59.4 Å². The van der Waals surface area contributed by atoms with Gasteiger partial charge in [-0.05, 0) is 0 Å². The molecular weight excluding hydrogens is 296 g/mol. The molecule has 0 aliphatic carbocycles. The first-order chi connectivity index (χ1) is 11.1. The maximum absolute atomic E-state index is 11.9. The minimum atomic E-state index is -0.469. The number of rotatable bonds is 4. The fourth-order valence-corrected chi connectivity index (χ4v) is 2.23. The van der Waals surface area contributed by atoms with Crippen molar-refractivity contribution in [1.29, 1.82) is 0 Å². The van der Waals surface area contributed by atoms with Gasteiger partial charge in [-0.2, -0.15) is 5.10 Å². The monoisotopic (exact) mass is 308 g/mol. The van der Waals surface area contributed by atoms with Crippen molar-refractivity contribution < 1.29 is 4.92 Å². The quantitative estimate of drug-likeness (QED) is 0.588. The Morgan fingerprint density at radius 2 is 1.74 bits per heavy atom. The molecule has 1 heterocycles. The van der Waals surface area contributed by atoms with Gasteiger partial charge in [-0.25, -0.2) is 10.1 Å². The largest absolute Gasteiger partial charge is 0.286 e. The van der Waals surface area contributed by atoms with Gasteiger partial charge in [-0.3, -0.25) is 14.9 Å². The fourth-order valence-electron chi connectivity index (χ4n) is 2.23. The maximum atomic E-state index is 11.9. The SMILES string of the molecule is O=c1[nH]nc(-c2ccccc2)nc1Cc1ccccc1[N+](=O)[O-]. The van der Waals surface area contributed by atoms with Crippen molar-refractivity contribution in [2.45, 2.75) is 6.42 Å². The van der Waals surface area contributed by atoms with Crippen molar-refractivity contribution in [3.8, 4) is 11.4 Å². The van der Waals surface area contributed by atoms with Crippen LogP contribution in [-0.2, 0) is 6.42 Å². The molecule has 3 rings (SSSR count). The van der Waals surface area contributed by atoms with Gasteiger partial charge in [0.2, 0.25) is 0 Å². The van der Waals surface area contributed by atoms with Crippen molar-refractivity contribution in [1.82, 2.24) is 15.2 Å². The Morgan fingerprint density at radius 3 is 2.48 bits per heavy atom. The molecule has 0 amide bonds. The standard InChI is InChI=1S/C16H12N4O3/c21-16-13(10-12-8-4-5-9-14(12)20(22)23)17-15(18-19-16)11-6-2-1-3-7-11/h1-9H,10H2,(H,19,21). The second-order valence-electron chi connectivity index (χ2n) is 4.86. The normalized spacial score (nSPS) is 10.4. The second kappa shape index (κ2) is 6.18. The van der Waals surface area contributed by atoms with Crippen molar-refractivity contribution in [3.63, 3.8) is 0 Å². The topological polar surface area (TPSA) is 102 Å². The van der Waals surface area contributed by atoms with E-state index in [9.17, 15) is 14.9 Å². The number of nitrogens with zero attached hydrogens (tertiary/aromatic N) is 3. The summed E-state index contributed by atoms with van der Waals surface area (Å²) in [7, 11) is 0. The van der Waals surface area contributed by atoms with Gasteiger partial charge in [0.05, 0.1) is 4.92 Å². The highest BCUT2D eigenvalue weighted by atomic mass is 16.6. The summed E-state index contributed by atoms with van der Waals surface area (Å²) < 4.78 is 0. The van der Waals surface area contributed by atoms with Gasteiger partial charge >= 0.3 is 0 Å². The third-order valence-electron chi connectivity index (χ3n) is 3.34. The number of hydrogen-bond donors (Lipinski definition) is 1. The van der Waals surface area contributed by atoms with Crippen molar-refractivity contribution in [2.75, 3.05) is 0 Å². The molecule has 1 aromatic heterocycles. The zero-order valence-corrected chi connectivity index (χ0v) is 12.0. The summed E-state index contributed by atoms with van der Waals surface area (Å²) in [5, 5.41) is 17.4. The number of H-pyrrole nitrogens is 1. The molecule has 0 radical (unpaired) electrons. The third-order valence-corrected chi connectivity index (χ3v) is 3.34. The molecule has 0 atom stereocenters. The lowest BCUT2D eigenvalue weighted by Gasteiger charge is -2.04. The van der Waals surface area contributed by atoms with Crippen LogP contribution in [0.25, 0.3) is 11.4 Å². The van der Waals surface area contributed by atoms with Crippen LogP contribution in [0.1, 0.15) is 11.3 Å². The molecule has 0 aliphatic rings. The summed E-state index contributed by atoms with van der Waals surface area (Å²) in [4.78, 5) is 26.8. The molecule has 0 saturated carbocycles. The van der Waals surface area contributed by atoms with E-state index in [2.05, 4.69) is 15.2 Å². The molecule has 0 aliphatic heterocycles. The number of nitrogens with one attached hydrogen (secondary N) is 1. The van der Waals surface area contributed by atoms with E-state index in [1.165, 1.54) is 6.07 Å². The number of aromatic nitrogens is 3. The molecule has 0 spiro atoms. The van der Waals surface area contributed by atoms with E-state index in [0.29, 0.717) is 11.4 Å². The highest BCUT2D eigenvalue weighted by Crippen LogP contribution is 2.20. The summed E-state index contributed by atoms with van der Waals surface area (Å²) in [6, 6.07) is 15.5. The lowest BCUT2D eigenvalue weighted by Crippen LogP contribution is -2.18. The van der Waals surface area contributed by atoms with E-state index in [0.717, 1.165) is 5.56 Å². The van der Waals surface area contributed by atoms with Crippen LogP contribution in [0.3, 0.4) is 0 Å². The number of para-hydroxylation sites is 1. The number of nitro benzene ring substituents is 1. The zero-order valence-electron chi connectivity index (χ0n) is 12.0. The van der Waals surface area contributed by atoms with E-state index >= 15 is 0 Å². The van der Waals surface area contributed by atoms with Gasteiger partial charge in [0, 0.05) is 23.6 Å². The van der Waals surface area contributed by atoms with Gasteiger partial charge in [-0.1, -0.05) is 48.5 Å². The second-order valence-corrected chi connectivity index (χ2v) is 4.86. The predicted molar refractivity (Wildman–Crippen MR) is 84.0 cm³/mol. The van der Waals surface area contributed by atoms with Gasteiger partial charge < -0.3 is 0 Å². The molecule has 114 valence electrons. The fraction of sp³-hybridized carbons (Fsp3) is 0.0625. The van der Waals surface area contributed by atoms with Crippen LogP contribution >= 0.6 is 0 Å². The lowest BCUT2D eigenvalue weighted by atomic mass is 10.1. The molecule has 23 heavy (non-hydrogen) atoms. The average Bonchev–Trinajstić information content (AvgIpc) is 2.58. The smallest absolute Gasteiger partial charge is 0.266 e. The lowest BCUT2D eigenvalue weighted by molar-refractivity contribution is -0.385. The van der Waals surface area contributed by atoms with Crippen LogP contribution < -0.4 is 5.56 Å². The van der Waals surface area contributed by atoms with E-state index in [1.54, 1.807) is 18.2 Å². The number of aromatic amines is 1. The molecule has 7 nitrogen and oxygen atoms in total.